The Balaban J connectivity index is 2.34. The van der Waals surface area contributed by atoms with Gasteiger partial charge in [-0.15, -0.1) is 0 Å². The molecule has 0 bridgehead atoms. The molecule has 0 aliphatic heterocycles. The van der Waals surface area contributed by atoms with Crippen molar-refractivity contribution in [3.63, 3.8) is 0 Å². The molecule has 0 heterocycles. The largest absolute Gasteiger partial charge is 0.0616 e. The number of hydrogen-bond acceptors (Lipinski definition) is 0. The zero-order valence-electron chi connectivity index (χ0n) is 14.6. The molecule has 0 aromatic heterocycles. The maximum Gasteiger partial charge on any atom is -0.00121 e. The first kappa shape index (κ1) is 13.8. The van der Waals surface area contributed by atoms with Crippen LogP contribution in [0.25, 0.3) is 43.1 Å². The SMILES string of the molecule is Cc1c(C)c2c(C)cc3cccc4c5ccccc5c(c1C)c2c34. The molecule has 0 fully saturated rings. The molecule has 5 aromatic rings. The first-order valence-corrected chi connectivity index (χ1v) is 8.65. The molecule has 5 rings (SSSR count). The molecule has 0 atom stereocenters. The number of aryl methyl sites for hydroxylation is 3. The van der Waals surface area contributed by atoms with E-state index >= 15 is 0 Å². The molecule has 0 heteroatoms. The van der Waals surface area contributed by atoms with E-state index in [9.17, 15) is 0 Å². The fourth-order valence-electron chi connectivity index (χ4n) is 4.67. The summed E-state index contributed by atoms with van der Waals surface area (Å²) >= 11 is 0. The molecule has 0 amide bonds. The predicted molar refractivity (Wildman–Crippen MR) is 107 cm³/mol. The van der Waals surface area contributed by atoms with Gasteiger partial charge in [0.2, 0.25) is 0 Å². The van der Waals surface area contributed by atoms with Crippen LogP contribution in [-0.4, -0.2) is 0 Å². The van der Waals surface area contributed by atoms with Crippen LogP contribution >= 0.6 is 0 Å². The maximum absolute atomic E-state index is 2.36. The fraction of sp³-hybridized carbons (Fsp3) is 0.167. The Morgan fingerprint density at radius 1 is 0.500 bits per heavy atom. The van der Waals surface area contributed by atoms with Crippen molar-refractivity contribution in [3.05, 3.63) is 70.8 Å². The highest BCUT2D eigenvalue weighted by Gasteiger charge is 2.19. The monoisotopic (exact) mass is 308 g/mol. The lowest BCUT2D eigenvalue weighted by Crippen LogP contribution is -1.97. The van der Waals surface area contributed by atoms with Crippen LogP contribution in [0, 0.1) is 27.7 Å². The van der Waals surface area contributed by atoms with E-state index in [1.54, 1.807) is 0 Å². The summed E-state index contributed by atoms with van der Waals surface area (Å²) in [6.45, 7) is 9.10. The summed E-state index contributed by atoms with van der Waals surface area (Å²) in [7, 11) is 0. The molecule has 0 radical (unpaired) electrons. The Morgan fingerprint density at radius 3 is 1.92 bits per heavy atom. The fourth-order valence-corrected chi connectivity index (χ4v) is 4.67. The van der Waals surface area contributed by atoms with Crippen LogP contribution in [0.3, 0.4) is 0 Å². The normalized spacial score (nSPS) is 12.2. The quantitative estimate of drug-likeness (QED) is 0.214. The average molecular weight is 308 g/mol. The summed E-state index contributed by atoms with van der Waals surface area (Å²) in [5.41, 5.74) is 5.67. The highest BCUT2D eigenvalue weighted by Crippen LogP contribution is 2.45. The van der Waals surface area contributed by atoms with Gasteiger partial charge in [-0.25, -0.2) is 0 Å². The van der Waals surface area contributed by atoms with E-state index < -0.39 is 0 Å². The summed E-state index contributed by atoms with van der Waals surface area (Å²) in [5.74, 6) is 0. The third-order valence-electron chi connectivity index (χ3n) is 5.97. The Morgan fingerprint density at radius 2 is 1.12 bits per heavy atom. The molecule has 0 spiro atoms. The van der Waals surface area contributed by atoms with E-state index in [2.05, 4.69) is 76.2 Å². The van der Waals surface area contributed by atoms with Crippen molar-refractivity contribution in [1.29, 1.82) is 0 Å². The van der Waals surface area contributed by atoms with Gasteiger partial charge < -0.3 is 0 Å². The van der Waals surface area contributed by atoms with E-state index in [0.717, 1.165) is 0 Å². The van der Waals surface area contributed by atoms with Gasteiger partial charge in [0.15, 0.2) is 0 Å². The lowest BCUT2D eigenvalue weighted by atomic mass is 9.82. The first-order chi connectivity index (χ1) is 11.6. The van der Waals surface area contributed by atoms with E-state index in [1.807, 2.05) is 0 Å². The molecule has 0 saturated carbocycles. The van der Waals surface area contributed by atoms with Crippen LogP contribution in [0.1, 0.15) is 22.3 Å². The highest BCUT2D eigenvalue weighted by atomic mass is 14.2. The van der Waals surface area contributed by atoms with Crippen molar-refractivity contribution in [2.75, 3.05) is 0 Å². The molecule has 0 unspecified atom stereocenters. The number of fused-ring (bicyclic) bond motifs is 3. The molecule has 116 valence electrons. The zero-order chi connectivity index (χ0) is 16.6. The lowest BCUT2D eigenvalue weighted by molar-refractivity contribution is 1.31. The minimum atomic E-state index is 1.36. The highest BCUT2D eigenvalue weighted by molar-refractivity contribution is 6.35. The first-order valence-electron chi connectivity index (χ1n) is 8.65. The molecular weight excluding hydrogens is 288 g/mol. The van der Waals surface area contributed by atoms with Crippen LogP contribution in [-0.2, 0) is 0 Å². The number of rotatable bonds is 0. The zero-order valence-corrected chi connectivity index (χ0v) is 14.6. The lowest BCUT2D eigenvalue weighted by Gasteiger charge is -2.21. The predicted octanol–water partition coefficient (Wildman–Crippen LogP) is 6.97. The van der Waals surface area contributed by atoms with Gasteiger partial charge >= 0.3 is 0 Å². The van der Waals surface area contributed by atoms with Crippen LogP contribution in [0.15, 0.2) is 48.5 Å². The van der Waals surface area contributed by atoms with E-state index in [0.29, 0.717) is 0 Å². The second kappa shape index (κ2) is 4.48. The summed E-state index contributed by atoms with van der Waals surface area (Å²) in [5, 5.41) is 11.3. The second-order valence-electron chi connectivity index (χ2n) is 7.14. The second-order valence-corrected chi connectivity index (χ2v) is 7.14. The summed E-state index contributed by atoms with van der Waals surface area (Å²) < 4.78 is 0. The van der Waals surface area contributed by atoms with Crippen molar-refractivity contribution in [1.82, 2.24) is 0 Å². The van der Waals surface area contributed by atoms with Crippen molar-refractivity contribution in [2.45, 2.75) is 27.7 Å². The Hall–Kier alpha value is -2.60. The molecule has 0 N–H and O–H groups in total. The van der Waals surface area contributed by atoms with E-state index in [-0.39, 0.29) is 0 Å². The van der Waals surface area contributed by atoms with Gasteiger partial charge in [0.05, 0.1) is 0 Å². The molecule has 0 saturated heterocycles. The van der Waals surface area contributed by atoms with Gasteiger partial charge in [-0.3, -0.25) is 0 Å². The van der Waals surface area contributed by atoms with E-state index in [4.69, 9.17) is 0 Å². The van der Waals surface area contributed by atoms with Crippen LogP contribution in [0.4, 0.5) is 0 Å². The van der Waals surface area contributed by atoms with Gasteiger partial charge in [0.1, 0.15) is 0 Å². The van der Waals surface area contributed by atoms with Crippen molar-refractivity contribution in [2.24, 2.45) is 0 Å². The Bertz CT molecular complexity index is 1270. The van der Waals surface area contributed by atoms with Crippen molar-refractivity contribution >= 4 is 43.1 Å². The third kappa shape index (κ3) is 1.49. The molecule has 24 heavy (non-hydrogen) atoms. The molecular formula is C24H20. The van der Waals surface area contributed by atoms with Crippen LogP contribution < -0.4 is 0 Å². The molecule has 0 aliphatic rings. The summed E-state index contributed by atoms with van der Waals surface area (Å²) in [6, 6.07) is 18.0. The van der Waals surface area contributed by atoms with E-state index in [1.165, 1.54) is 65.3 Å². The minimum absolute atomic E-state index is 1.36. The van der Waals surface area contributed by atoms with Gasteiger partial charge in [0, 0.05) is 0 Å². The van der Waals surface area contributed by atoms with Gasteiger partial charge in [-0.1, -0.05) is 48.5 Å². The van der Waals surface area contributed by atoms with Gasteiger partial charge in [0.25, 0.3) is 0 Å². The summed E-state index contributed by atoms with van der Waals surface area (Å²) in [6.07, 6.45) is 0. The Labute approximate surface area is 142 Å². The average Bonchev–Trinajstić information content (AvgIpc) is 2.59. The molecule has 0 nitrogen and oxygen atoms in total. The minimum Gasteiger partial charge on any atom is -0.0616 e. The van der Waals surface area contributed by atoms with Gasteiger partial charge in [-0.05, 0) is 93.0 Å². The smallest absolute Gasteiger partial charge is 0.00121 e. The standard InChI is InChI=1S/C24H20/c1-13-12-17-8-7-11-20-18-9-5-6-10-19(18)22-16(4)14(2)15(3)21(13)24(22)23(17)20/h5-12H,1-4H3. The Kier molecular flexibility index (Phi) is 2.58. The topological polar surface area (TPSA) is 0 Å². The summed E-state index contributed by atoms with van der Waals surface area (Å²) in [4.78, 5) is 0. The number of hydrogen-bond donors (Lipinski definition) is 0. The van der Waals surface area contributed by atoms with Crippen molar-refractivity contribution < 1.29 is 0 Å². The maximum atomic E-state index is 2.36. The van der Waals surface area contributed by atoms with Crippen LogP contribution in [0.2, 0.25) is 0 Å². The molecule has 0 aliphatic carbocycles. The van der Waals surface area contributed by atoms with Crippen molar-refractivity contribution in [3.8, 4) is 0 Å². The third-order valence-corrected chi connectivity index (χ3v) is 5.97. The number of benzene rings is 5. The van der Waals surface area contributed by atoms with Gasteiger partial charge in [-0.2, -0.15) is 0 Å². The van der Waals surface area contributed by atoms with Crippen LogP contribution in [0.5, 0.6) is 0 Å². The molecule has 5 aromatic carbocycles.